The van der Waals surface area contributed by atoms with Gasteiger partial charge in [-0.15, -0.1) is 0 Å². The van der Waals surface area contributed by atoms with E-state index in [0.717, 1.165) is 69.2 Å². The molecule has 26 nitrogen and oxygen atoms in total. The van der Waals surface area contributed by atoms with E-state index < -0.39 is 172 Å². The molecule has 0 saturated carbocycles. The molecule has 0 radical (unpaired) electrons. The fraction of sp³-hybridized carbons (Fsp3) is 0.750. The second-order valence-corrected chi connectivity index (χ2v) is 14.7. The van der Waals surface area contributed by atoms with Gasteiger partial charge in [-0.3, -0.25) is 47.9 Å². The fourth-order valence-electron chi connectivity index (χ4n) is 7.05. The van der Waals surface area contributed by atoms with Crippen molar-refractivity contribution < 1.29 is 124 Å². The quantitative estimate of drug-likeness (QED) is 0.113. The van der Waals surface area contributed by atoms with Crippen molar-refractivity contribution in [2.45, 2.75) is 168 Å². The summed E-state index contributed by atoms with van der Waals surface area (Å²) in [5.41, 5.74) is 0. The third-order valence-electron chi connectivity index (χ3n) is 9.15. The lowest BCUT2D eigenvalue weighted by molar-refractivity contribution is -0.380. The van der Waals surface area contributed by atoms with Crippen molar-refractivity contribution in [1.29, 1.82) is 0 Å². The van der Waals surface area contributed by atoms with Gasteiger partial charge in [0.2, 0.25) is 0 Å². The Labute approximate surface area is 377 Å². The fourth-order valence-corrected chi connectivity index (χ4v) is 7.05. The number of carbonyl (C=O) groups is 10. The Kier molecular flexibility index (Phi) is 21.1. The minimum Gasteiger partial charge on any atom is -0.463 e. The van der Waals surface area contributed by atoms with Gasteiger partial charge in [-0.2, -0.15) is 0 Å². The van der Waals surface area contributed by atoms with Gasteiger partial charge in [0.25, 0.3) is 0 Å². The minimum absolute atomic E-state index is 0.0237. The zero-order valence-electron chi connectivity index (χ0n) is 38.1. The molecule has 3 saturated heterocycles. The Morgan fingerprint density at radius 3 is 0.848 bits per heavy atom. The largest absolute Gasteiger partial charge is 0.463 e. The van der Waals surface area contributed by atoms with Crippen LogP contribution >= 0.6 is 0 Å². The smallest absolute Gasteiger partial charge is 0.303 e. The van der Waals surface area contributed by atoms with E-state index in [4.69, 9.17) is 75.8 Å². The van der Waals surface area contributed by atoms with Crippen LogP contribution in [-0.2, 0) is 124 Å². The molecule has 0 aromatic heterocycles. The number of ether oxygens (including phenoxy) is 16. The summed E-state index contributed by atoms with van der Waals surface area (Å²) in [6, 6.07) is 0. The van der Waals surface area contributed by atoms with Gasteiger partial charge >= 0.3 is 59.7 Å². The highest BCUT2D eigenvalue weighted by Gasteiger charge is 2.60. The summed E-state index contributed by atoms with van der Waals surface area (Å²) >= 11 is 0. The van der Waals surface area contributed by atoms with Crippen LogP contribution in [0.2, 0.25) is 0 Å². The standard InChI is InChI=1S/C40H56O26/c1-12-51-38-35(59-23(9)48)33(57-21(7)46)30(27(62-38)14-53-17(3)42)65-40-37(61-25(11)50)34(58-22(8)47)31(28(64-40)15-54-18(4)43)66-39-36(60-24(10)49)32(56-20(6)45)29(55-19(5)44)26(63-39)13-52-16(2)41/h26-40H,12-15H2,1-11H3/t26?,27?,28?,29-,30-,31-,32?,33?,34?,35?,36?,37?,38-,39-,40-/m1/s1. The first kappa shape index (κ1) is 54.8. The predicted molar refractivity (Wildman–Crippen MR) is 206 cm³/mol. The lowest BCUT2D eigenvalue weighted by Crippen LogP contribution is -2.69. The van der Waals surface area contributed by atoms with Gasteiger partial charge in [0.05, 0.1) is 0 Å². The van der Waals surface area contributed by atoms with Gasteiger partial charge in [-0.25, -0.2) is 0 Å². The van der Waals surface area contributed by atoms with Crippen molar-refractivity contribution in [3.05, 3.63) is 0 Å². The highest BCUT2D eigenvalue weighted by atomic mass is 16.8. The SMILES string of the molecule is CCO[C@@H]1OC(COC(C)=O)[C@@H](O[C@H]2OC(COC(C)=O)[C@@H](O[C@H]3OC(COC(C)=O)[C@@H](OC(C)=O)C(OC(C)=O)C3OC(C)=O)C(OC(C)=O)C2OC(C)=O)C(OC(C)=O)C1OC(C)=O. The molecule has 26 heteroatoms. The first-order chi connectivity index (χ1) is 30.9. The number of carbonyl (C=O) groups excluding carboxylic acids is 10. The molecule has 372 valence electrons. The summed E-state index contributed by atoms with van der Waals surface area (Å²) in [6.07, 6.45) is -25.9. The topological polar surface area (TPSA) is 318 Å². The van der Waals surface area contributed by atoms with Crippen molar-refractivity contribution in [3.8, 4) is 0 Å². The second kappa shape index (κ2) is 25.4. The van der Waals surface area contributed by atoms with E-state index in [1.165, 1.54) is 0 Å². The summed E-state index contributed by atoms with van der Waals surface area (Å²) in [5, 5.41) is 0. The van der Waals surface area contributed by atoms with Crippen LogP contribution in [0.3, 0.4) is 0 Å². The molecule has 0 spiro atoms. The number of rotatable bonds is 19. The molecule has 0 amide bonds. The molecule has 3 heterocycles. The second-order valence-electron chi connectivity index (χ2n) is 14.7. The van der Waals surface area contributed by atoms with Crippen molar-refractivity contribution in [2.24, 2.45) is 0 Å². The molecule has 3 rings (SSSR count). The number of hydrogen-bond acceptors (Lipinski definition) is 26. The molecular weight excluding hydrogens is 896 g/mol. The number of hydrogen-bond donors (Lipinski definition) is 0. The van der Waals surface area contributed by atoms with Crippen LogP contribution in [0.15, 0.2) is 0 Å². The maximum absolute atomic E-state index is 13.0. The van der Waals surface area contributed by atoms with E-state index >= 15 is 0 Å². The highest BCUT2D eigenvalue weighted by Crippen LogP contribution is 2.38. The molecule has 15 atom stereocenters. The van der Waals surface area contributed by atoms with Crippen LogP contribution in [0, 0.1) is 0 Å². The van der Waals surface area contributed by atoms with E-state index in [2.05, 4.69) is 0 Å². The van der Waals surface area contributed by atoms with E-state index in [1.54, 1.807) is 6.92 Å². The Bertz CT molecular complexity index is 1770. The zero-order chi connectivity index (χ0) is 49.6. The molecular formula is C40H56O26. The first-order valence-corrected chi connectivity index (χ1v) is 20.4. The maximum Gasteiger partial charge on any atom is 0.303 e. The Balaban J connectivity index is 2.29. The molecule has 0 aliphatic carbocycles. The Morgan fingerprint density at radius 1 is 0.318 bits per heavy atom. The lowest BCUT2D eigenvalue weighted by Gasteiger charge is -2.50. The lowest BCUT2D eigenvalue weighted by atomic mass is 9.95. The van der Waals surface area contributed by atoms with Crippen LogP contribution in [0.1, 0.15) is 76.2 Å². The van der Waals surface area contributed by atoms with Crippen LogP contribution in [-0.4, -0.2) is 178 Å². The molecule has 66 heavy (non-hydrogen) atoms. The van der Waals surface area contributed by atoms with Crippen molar-refractivity contribution >= 4 is 59.7 Å². The average molecular weight is 953 g/mol. The molecule has 0 bridgehead atoms. The van der Waals surface area contributed by atoms with E-state index in [-0.39, 0.29) is 6.61 Å². The van der Waals surface area contributed by atoms with E-state index in [9.17, 15) is 47.9 Å². The zero-order valence-corrected chi connectivity index (χ0v) is 38.1. The van der Waals surface area contributed by atoms with Gasteiger partial charge < -0.3 is 75.8 Å². The first-order valence-electron chi connectivity index (χ1n) is 20.4. The normalized spacial score (nSPS) is 31.7. The van der Waals surface area contributed by atoms with Gasteiger partial charge in [0, 0.05) is 75.8 Å². The van der Waals surface area contributed by atoms with Crippen LogP contribution in [0.25, 0.3) is 0 Å². The van der Waals surface area contributed by atoms with Crippen molar-refractivity contribution in [3.63, 3.8) is 0 Å². The highest BCUT2D eigenvalue weighted by molar-refractivity contribution is 5.70. The molecule has 3 fully saturated rings. The molecule has 0 aromatic carbocycles. The minimum atomic E-state index is -1.98. The van der Waals surface area contributed by atoms with E-state index in [1.807, 2.05) is 0 Å². The van der Waals surface area contributed by atoms with Gasteiger partial charge in [-0.05, 0) is 6.92 Å². The molecule has 3 aliphatic rings. The van der Waals surface area contributed by atoms with Gasteiger partial charge in [0.15, 0.2) is 61.6 Å². The van der Waals surface area contributed by atoms with Crippen LogP contribution < -0.4 is 0 Å². The monoisotopic (exact) mass is 952 g/mol. The van der Waals surface area contributed by atoms with E-state index in [0.29, 0.717) is 0 Å². The third kappa shape index (κ3) is 16.4. The molecule has 3 aliphatic heterocycles. The molecule has 0 aromatic rings. The Morgan fingerprint density at radius 2 is 0.561 bits per heavy atom. The maximum atomic E-state index is 13.0. The summed E-state index contributed by atoms with van der Waals surface area (Å²) in [4.78, 5) is 125. The number of esters is 10. The van der Waals surface area contributed by atoms with Gasteiger partial charge in [0.1, 0.15) is 50.3 Å². The van der Waals surface area contributed by atoms with Crippen LogP contribution in [0.4, 0.5) is 0 Å². The summed E-state index contributed by atoms with van der Waals surface area (Å²) in [5.74, 6) is -9.29. The Hall–Kier alpha value is -5.54. The van der Waals surface area contributed by atoms with Crippen LogP contribution in [0.5, 0.6) is 0 Å². The summed E-state index contributed by atoms with van der Waals surface area (Å²) in [7, 11) is 0. The van der Waals surface area contributed by atoms with Gasteiger partial charge in [-0.1, -0.05) is 0 Å². The summed E-state index contributed by atoms with van der Waals surface area (Å²) < 4.78 is 91.5. The van der Waals surface area contributed by atoms with Crippen molar-refractivity contribution in [1.82, 2.24) is 0 Å². The summed E-state index contributed by atoms with van der Waals surface area (Å²) in [6.45, 7) is 9.62. The van der Waals surface area contributed by atoms with Crippen molar-refractivity contribution in [2.75, 3.05) is 26.4 Å². The average Bonchev–Trinajstić information content (AvgIpc) is 3.17. The molecule has 0 N–H and O–H groups in total. The molecule has 9 unspecified atom stereocenters. The third-order valence-corrected chi connectivity index (χ3v) is 9.15. The predicted octanol–water partition coefficient (Wildman–Crippen LogP) is -0.821.